The van der Waals surface area contributed by atoms with E-state index in [0.29, 0.717) is 0 Å². The maximum absolute atomic E-state index is 9.80. The molecule has 0 aliphatic heterocycles. The van der Waals surface area contributed by atoms with E-state index >= 15 is 0 Å². The average Bonchev–Trinajstić information content (AvgIpc) is 2.41. The van der Waals surface area contributed by atoms with Gasteiger partial charge in [0.2, 0.25) is 0 Å². The van der Waals surface area contributed by atoms with Crippen LogP contribution < -0.4 is 14.8 Å². The second kappa shape index (κ2) is 7.50. The van der Waals surface area contributed by atoms with Crippen molar-refractivity contribution in [1.82, 2.24) is 5.32 Å². The smallest absolute Gasteiger partial charge is 0.127 e. The molecule has 114 valence electrons. The molecule has 2 N–H and O–H groups in total. The van der Waals surface area contributed by atoms with Gasteiger partial charge in [0, 0.05) is 17.7 Å². The van der Waals surface area contributed by atoms with Crippen molar-refractivity contribution in [2.45, 2.75) is 45.8 Å². The zero-order valence-corrected chi connectivity index (χ0v) is 13.2. The summed E-state index contributed by atoms with van der Waals surface area (Å²) in [7, 11) is 1.63. The lowest BCUT2D eigenvalue weighted by molar-refractivity contribution is 0.0279. The molecule has 1 aromatic carbocycles. The van der Waals surface area contributed by atoms with Gasteiger partial charge in [0.15, 0.2) is 0 Å². The van der Waals surface area contributed by atoms with Crippen LogP contribution in [0.5, 0.6) is 11.5 Å². The van der Waals surface area contributed by atoms with E-state index in [9.17, 15) is 5.11 Å². The molecule has 1 unspecified atom stereocenters. The summed E-state index contributed by atoms with van der Waals surface area (Å²) >= 11 is 0. The Balaban J connectivity index is 2.91. The second-order valence-corrected chi connectivity index (χ2v) is 5.68. The highest BCUT2D eigenvalue weighted by Gasteiger charge is 2.17. The molecule has 0 radical (unpaired) electrons. The van der Waals surface area contributed by atoms with Crippen LogP contribution in [0.1, 0.15) is 45.7 Å². The van der Waals surface area contributed by atoms with Crippen molar-refractivity contribution in [1.29, 1.82) is 0 Å². The van der Waals surface area contributed by atoms with Crippen LogP contribution in [0.15, 0.2) is 18.2 Å². The van der Waals surface area contributed by atoms with Crippen LogP contribution in [-0.2, 0) is 0 Å². The van der Waals surface area contributed by atoms with Gasteiger partial charge < -0.3 is 19.9 Å². The van der Waals surface area contributed by atoms with Crippen LogP contribution in [0.25, 0.3) is 0 Å². The largest absolute Gasteiger partial charge is 0.497 e. The lowest BCUT2D eigenvalue weighted by Gasteiger charge is -2.22. The van der Waals surface area contributed by atoms with E-state index in [1.165, 1.54) is 0 Å². The van der Waals surface area contributed by atoms with Crippen molar-refractivity contribution in [2.75, 3.05) is 20.3 Å². The number of aliphatic hydroxyl groups is 1. The Morgan fingerprint density at radius 3 is 2.60 bits per heavy atom. The number of hydrogen-bond acceptors (Lipinski definition) is 4. The molecule has 1 rings (SSSR count). The Morgan fingerprint density at radius 1 is 1.35 bits per heavy atom. The molecule has 0 aliphatic rings. The lowest BCUT2D eigenvalue weighted by atomic mass is 10.1. The molecule has 4 nitrogen and oxygen atoms in total. The highest BCUT2D eigenvalue weighted by molar-refractivity contribution is 5.42. The first-order valence-electron chi connectivity index (χ1n) is 7.14. The van der Waals surface area contributed by atoms with E-state index in [4.69, 9.17) is 9.47 Å². The first-order valence-corrected chi connectivity index (χ1v) is 7.14. The Hall–Kier alpha value is -1.26. The Bertz CT molecular complexity index is 413. The molecule has 0 spiro atoms. The van der Waals surface area contributed by atoms with Crippen LogP contribution in [0.2, 0.25) is 0 Å². The SMILES string of the molecule is CCCNC(C)c1ccc(OC)cc1OCC(C)(C)O. The van der Waals surface area contributed by atoms with Gasteiger partial charge in [0.25, 0.3) is 0 Å². The molecule has 0 fully saturated rings. The molecule has 1 aromatic rings. The van der Waals surface area contributed by atoms with Gasteiger partial charge in [0.1, 0.15) is 18.1 Å². The molecular formula is C16H27NO3. The van der Waals surface area contributed by atoms with Gasteiger partial charge >= 0.3 is 0 Å². The molecule has 0 aromatic heterocycles. The predicted octanol–water partition coefficient (Wildman–Crippen LogP) is 2.91. The van der Waals surface area contributed by atoms with E-state index in [1.807, 2.05) is 18.2 Å². The van der Waals surface area contributed by atoms with Gasteiger partial charge in [-0.15, -0.1) is 0 Å². The minimum absolute atomic E-state index is 0.192. The maximum atomic E-state index is 9.80. The number of benzene rings is 1. The van der Waals surface area contributed by atoms with Crippen molar-refractivity contribution in [3.8, 4) is 11.5 Å². The van der Waals surface area contributed by atoms with Crippen LogP contribution in [0.3, 0.4) is 0 Å². The van der Waals surface area contributed by atoms with E-state index in [-0.39, 0.29) is 12.6 Å². The molecule has 20 heavy (non-hydrogen) atoms. The van der Waals surface area contributed by atoms with Crippen LogP contribution >= 0.6 is 0 Å². The third-order valence-electron chi connectivity index (χ3n) is 2.97. The van der Waals surface area contributed by atoms with Gasteiger partial charge in [0.05, 0.1) is 12.7 Å². The third-order valence-corrected chi connectivity index (χ3v) is 2.97. The second-order valence-electron chi connectivity index (χ2n) is 5.68. The van der Waals surface area contributed by atoms with E-state index in [1.54, 1.807) is 21.0 Å². The highest BCUT2D eigenvalue weighted by atomic mass is 16.5. The molecule has 0 aliphatic carbocycles. The zero-order chi connectivity index (χ0) is 15.2. The van der Waals surface area contributed by atoms with Crippen molar-refractivity contribution in [3.63, 3.8) is 0 Å². The monoisotopic (exact) mass is 281 g/mol. The molecule has 0 saturated carbocycles. The summed E-state index contributed by atoms with van der Waals surface area (Å²) in [5.74, 6) is 1.50. The molecule has 0 heterocycles. The lowest BCUT2D eigenvalue weighted by Crippen LogP contribution is -2.28. The Labute approximate surface area is 122 Å². The maximum Gasteiger partial charge on any atom is 0.127 e. The first-order chi connectivity index (χ1) is 9.37. The van der Waals surface area contributed by atoms with E-state index < -0.39 is 5.60 Å². The molecule has 4 heteroatoms. The van der Waals surface area contributed by atoms with Crippen molar-refractivity contribution < 1.29 is 14.6 Å². The van der Waals surface area contributed by atoms with Crippen molar-refractivity contribution >= 4 is 0 Å². The minimum Gasteiger partial charge on any atom is -0.497 e. The normalized spacial score (nSPS) is 13.1. The van der Waals surface area contributed by atoms with E-state index in [0.717, 1.165) is 30.0 Å². The summed E-state index contributed by atoms with van der Waals surface area (Å²) in [6.07, 6.45) is 1.08. The third kappa shape index (κ3) is 5.39. The molecule has 0 amide bonds. The fourth-order valence-corrected chi connectivity index (χ4v) is 1.85. The van der Waals surface area contributed by atoms with Crippen LogP contribution in [0, 0.1) is 0 Å². The number of methoxy groups -OCH3 is 1. The average molecular weight is 281 g/mol. The number of rotatable bonds is 8. The van der Waals surface area contributed by atoms with Gasteiger partial charge in [-0.05, 0) is 39.8 Å². The fourth-order valence-electron chi connectivity index (χ4n) is 1.85. The van der Waals surface area contributed by atoms with Gasteiger partial charge in [-0.2, -0.15) is 0 Å². The van der Waals surface area contributed by atoms with Crippen LogP contribution in [-0.4, -0.2) is 31.0 Å². The summed E-state index contributed by atoms with van der Waals surface area (Å²) in [6.45, 7) is 8.90. The van der Waals surface area contributed by atoms with Gasteiger partial charge in [-0.25, -0.2) is 0 Å². The summed E-state index contributed by atoms with van der Waals surface area (Å²) in [5, 5.41) is 13.2. The topological polar surface area (TPSA) is 50.7 Å². The first kappa shape index (κ1) is 16.8. The highest BCUT2D eigenvalue weighted by Crippen LogP contribution is 2.30. The molecular weight excluding hydrogens is 254 g/mol. The molecule has 1 atom stereocenters. The van der Waals surface area contributed by atoms with Crippen molar-refractivity contribution in [3.05, 3.63) is 23.8 Å². The van der Waals surface area contributed by atoms with E-state index in [2.05, 4.69) is 19.2 Å². The number of nitrogens with one attached hydrogen (secondary N) is 1. The zero-order valence-electron chi connectivity index (χ0n) is 13.2. The molecule has 0 saturated heterocycles. The van der Waals surface area contributed by atoms with Gasteiger partial charge in [-0.3, -0.25) is 0 Å². The predicted molar refractivity (Wildman–Crippen MR) is 81.5 cm³/mol. The summed E-state index contributed by atoms with van der Waals surface area (Å²) < 4.78 is 11.0. The summed E-state index contributed by atoms with van der Waals surface area (Å²) in [5.41, 5.74) is 0.212. The number of ether oxygens (including phenoxy) is 2. The Morgan fingerprint density at radius 2 is 2.05 bits per heavy atom. The quantitative estimate of drug-likeness (QED) is 0.769. The van der Waals surface area contributed by atoms with Gasteiger partial charge in [-0.1, -0.05) is 13.0 Å². The summed E-state index contributed by atoms with van der Waals surface area (Å²) in [4.78, 5) is 0. The van der Waals surface area contributed by atoms with Crippen LogP contribution in [0.4, 0.5) is 0 Å². The minimum atomic E-state index is -0.861. The standard InChI is InChI=1S/C16H27NO3/c1-6-9-17-12(2)14-8-7-13(19-5)10-15(14)20-11-16(3,4)18/h7-8,10,12,17-18H,6,9,11H2,1-5H3. The Kier molecular flexibility index (Phi) is 6.30. The fraction of sp³-hybridized carbons (Fsp3) is 0.625. The van der Waals surface area contributed by atoms with Crippen molar-refractivity contribution in [2.24, 2.45) is 0 Å². The summed E-state index contributed by atoms with van der Waals surface area (Å²) in [6, 6.07) is 5.99. The number of hydrogen-bond donors (Lipinski definition) is 2. The molecule has 0 bridgehead atoms.